The van der Waals surface area contributed by atoms with Gasteiger partial charge in [0.15, 0.2) is 0 Å². The highest BCUT2D eigenvalue weighted by Gasteiger charge is 2.45. The predicted octanol–water partition coefficient (Wildman–Crippen LogP) is 1.61. The van der Waals surface area contributed by atoms with Crippen LogP contribution in [-0.4, -0.2) is 57.2 Å². The summed E-state index contributed by atoms with van der Waals surface area (Å²) < 4.78 is 22.1. The van der Waals surface area contributed by atoms with Crippen molar-refractivity contribution in [1.29, 1.82) is 0 Å². The standard InChI is InChI=1S/C22H23BO7/c1-14(24)29-19-17(12-27-21(25)15-8-4-2-5-9-15)18(30-20(19)23)13-28-22(26)16-10-6-3-7-11-16/h2-11,17-20H,12-13,23H2,1H3/t17-,18-,19-,20-/m1/s1. The average Bonchev–Trinajstić information content (AvgIpc) is 3.05. The first-order chi connectivity index (χ1) is 14.5. The highest BCUT2D eigenvalue weighted by atomic mass is 16.6. The van der Waals surface area contributed by atoms with E-state index < -0.39 is 42.0 Å². The number of esters is 3. The van der Waals surface area contributed by atoms with E-state index in [9.17, 15) is 14.4 Å². The van der Waals surface area contributed by atoms with Crippen LogP contribution >= 0.6 is 0 Å². The van der Waals surface area contributed by atoms with Gasteiger partial charge in [-0.05, 0) is 24.3 Å². The molecule has 1 heterocycles. The maximum atomic E-state index is 12.3. The van der Waals surface area contributed by atoms with Crippen LogP contribution in [0.1, 0.15) is 27.6 Å². The van der Waals surface area contributed by atoms with Crippen LogP contribution in [0.2, 0.25) is 0 Å². The van der Waals surface area contributed by atoms with Gasteiger partial charge >= 0.3 is 17.9 Å². The van der Waals surface area contributed by atoms with Crippen molar-refractivity contribution < 1.29 is 33.3 Å². The van der Waals surface area contributed by atoms with Crippen LogP contribution in [-0.2, 0) is 23.7 Å². The van der Waals surface area contributed by atoms with E-state index in [1.807, 2.05) is 0 Å². The molecule has 2 aromatic carbocycles. The Kier molecular flexibility index (Phi) is 7.24. The second-order valence-electron chi connectivity index (χ2n) is 7.05. The zero-order chi connectivity index (χ0) is 21.5. The van der Waals surface area contributed by atoms with Gasteiger partial charge in [-0.25, -0.2) is 9.59 Å². The van der Waals surface area contributed by atoms with Gasteiger partial charge in [-0.3, -0.25) is 4.79 Å². The molecule has 0 radical (unpaired) electrons. The molecule has 0 N–H and O–H groups in total. The van der Waals surface area contributed by atoms with Crippen LogP contribution in [0, 0.1) is 5.92 Å². The fraction of sp³-hybridized carbons (Fsp3) is 0.318. The Bertz CT molecular complexity index is 872. The normalized spacial score (nSPS) is 22.8. The maximum absolute atomic E-state index is 12.3. The Labute approximate surface area is 175 Å². The smallest absolute Gasteiger partial charge is 0.338 e. The lowest BCUT2D eigenvalue weighted by Crippen LogP contribution is -2.37. The Morgan fingerprint density at radius 2 is 1.37 bits per heavy atom. The van der Waals surface area contributed by atoms with Gasteiger partial charge in [0.2, 0.25) is 0 Å². The van der Waals surface area contributed by atoms with Gasteiger partial charge in [0.1, 0.15) is 33.3 Å². The Morgan fingerprint density at radius 1 is 0.867 bits per heavy atom. The summed E-state index contributed by atoms with van der Waals surface area (Å²) in [5, 5.41) is 0. The Balaban J connectivity index is 1.66. The molecule has 0 aliphatic carbocycles. The summed E-state index contributed by atoms with van der Waals surface area (Å²) in [6.07, 6.45) is -1.20. The molecule has 30 heavy (non-hydrogen) atoms. The number of hydrogen-bond donors (Lipinski definition) is 0. The maximum Gasteiger partial charge on any atom is 0.338 e. The molecule has 156 valence electrons. The topological polar surface area (TPSA) is 88.1 Å². The third kappa shape index (κ3) is 5.48. The van der Waals surface area contributed by atoms with E-state index in [4.69, 9.17) is 18.9 Å². The SMILES string of the molecule is B[C@@H]1O[C@H](COC(=O)c2ccccc2)[C@@H](COC(=O)c2ccccc2)[C@H]1OC(C)=O. The van der Waals surface area contributed by atoms with E-state index in [1.54, 1.807) is 68.5 Å². The van der Waals surface area contributed by atoms with Crippen molar-refractivity contribution in [1.82, 2.24) is 0 Å². The molecule has 2 aromatic rings. The van der Waals surface area contributed by atoms with Crippen LogP contribution < -0.4 is 0 Å². The number of hydrogen-bond acceptors (Lipinski definition) is 7. The van der Waals surface area contributed by atoms with Crippen molar-refractivity contribution in [2.24, 2.45) is 5.92 Å². The van der Waals surface area contributed by atoms with Crippen LogP contribution in [0.4, 0.5) is 0 Å². The molecule has 0 bridgehead atoms. The molecule has 4 atom stereocenters. The molecule has 1 aliphatic rings. The summed E-state index contributed by atoms with van der Waals surface area (Å²) in [5.41, 5.74) is 0.840. The molecular formula is C22H23BO7. The van der Waals surface area contributed by atoms with E-state index in [0.717, 1.165) is 0 Å². The fourth-order valence-electron chi connectivity index (χ4n) is 3.40. The Hall–Kier alpha value is -3.13. The van der Waals surface area contributed by atoms with Crippen molar-refractivity contribution in [3.63, 3.8) is 0 Å². The molecule has 1 fully saturated rings. The third-order valence-corrected chi connectivity index (χ3v) is 4.86. The lowest BCUT2D eigenvalue weighted by Gasteiger charge is -2.23. The minimum atomic E-state index is -0.619. The molecule has 7 nitrogen and oxygen atoms in total. The van der Waals surface area contributed by atoms with Crippen LogP contribution in [0.5, 0.6) is 0 Å². The number of benzene rings is 2. The first-order valence-electron chi connectivity index (χ1n) is 9.72. The molecule has 0 amide bonds. The zero-order valence-electron chi connectivity index (χ0n) is 16.9. The summed E-state index contributed by atoms with van der Waals surface area (Å²) in [5.74, 6) is -1.91. The molecule has 0 saturated carbocycles. The highest BCUT2D eigenvalue weighted by Crippen LogP contribution is 2.29. The second-order valence-corrected chi connectivity index (χ2v) is 7.05. The van der Waals surface area contributed by atoms with Crippen molar-refractivity contribution >= 4 is 25.8 Å². The largest absolute Gasteiger partial charge is 0.462 e. The van der Waals surface area contributed by atoms with Crippen molar-refractivity contribution in [3.8, 4) is 0 Å². The fourth-order valence-corrected chi connectivity index (χ4v) is 3.40. The van der Waals surface area contributed by atoms with E-state index in [1.165, 1.54) is 6.92 Å². The van der Waals surface area contributed by atoms with Gasteiger partial charge in [0.05, 0.1) is 23.0 Å². The quantitative estimate of drug-likeness (QED) is 0.389. The number of rotatable bonds is 7. The van der Waals surface area contributed by atoms with E-state index in [2.05, 4.69) is 0 Å². The van der Waals surface area contributed by atoms with Crippen LogP contribution in [0.25, 0.3) is 0 Å². The molecule has 0 spiro atoms. The molecule has 3 rings (SSSR count). The molecule has 1 aliphatic heterocycles. The van der Waals surface area contributed by atoms with Crippen LogP contribution in [0.3, 0.4) is 0 Å². The lowest BCUT2D eigenvalue weighted by atomic mass is 9.88. The number of ether oxygens (including phenoxy) is 4. The predicted molar refractivity (Wildman–Crippen MR) is 110 cm³/mol. The minimum Gasteiger partial charge on any atom is -0.462 e. The van der Waals surface area contributed by atoms with Crippen molar-refractivity contribution in [2.75, 3.05) is 13.2 Å². The van der Waals surface area contributed by atoms with Gasteiger partial charge in [-0.2, -0.15) is 0 Å². The lowest BCUT2D eigenvalue weighted by molar-refractivity contribution is -0.149. The Morgan fingerprint density at radius 3 is 1.87 bits per heavy atom. The van der Waals surface area contributed by atoms with Crippen molar-refractivity contribution in [3.05, 3.63) is 71.8 Å². The van der Waals surface area contributed by atoms with Gasteiger partial charge in [-0.15, -0.1) is 0 Å². The summed E-state index contributed by atoms with van der Waals surface area (Å²) in [6.45, 7) is 1.22. The van der Waals surface area contributed by atoms with Gasteiger partial charge in [-0.1, -0.05) is 36.4 Å². The molecule has 8 heteroatoms. The summed E-state index contributed by atoms with van der Waals surface area (Å²) in [6, 6.07) is 16.8. The van der Waals surface area contributed by atoms with E-state index in [-0.39, 0.29) is 13.2 Å². The minimum absolute atomic E-state index is 0.0381. The molecule has 1 saturated heterocycles. The zero-order valence-corrected chi connectivity index (χ0v) is 16.9. The highest BCUT2D eigenvalue weighted by molar-refractivity contribution is 6.11. The first kappa shape index (κ1) is 21.6. The number of carbonyl (C=O) groups is 3. The van der Waals surface area contributed by atoms with E-state index >= 15 is 0 Å². The first-order valence-corrected chi connectivity index (χ1v) is 9.72. The monoisotopic (exact) mass is 410 g/mol. The van der Waals surface area contributed by atoms with Crippen LogP contribution in [0.15, 0.2) is 60.7 Å². The van der Waals surface area contributed by atoms with Gasteiger partial charge in [0.25, 0.3) is 0 Å². The molecule has 0 aromatic heterocycles. The van der Waals surface area contributed by atoms with Gasteiger partial charge in [0, 0.05) is 6.92 Å². The van der Waals surface area contributed by atoms with Gasteiger partial charge < -0.3 is 18.9 Å². The summed E-state index contributed by atoms with van der Waals surface area (Å²) in [7, 11) is 1.76. The molecule has 0 unspecified atom stereocenters. The second kappa shape index (κ2) is 10.1. The summed E-state index contributed by atoms with van der Waals surface area (Å²) in [4.78, 5) is 36.1. The number of carbonyl (C=O) groups excluding carboxylic acids is 3. The molecular weight excluding hydrogens is 387 g/mol. The van der Waals surface area contributed by atoms with E-state index in [0.29, 0.717) is 11.1 Å². The average molecular weight is 410 g/mol. The van der Waals surface area contributed by atoms with Crippen molar-refractivity contribution in [2.45, 2.75) is 25.1 Å². The third-order valence-electron chi connectivity index (χ3n) is 4.86. The summed E-state index contributed by atoms with van der Waals surface area (Å²) >= 11 is 0.